The Hall–Kier alpha value is -3.58. The van der Waals surface area contributed by atoms with Crippen molar-refractivity contribution < 1.29 is 24.5 Å². The van der Waals surface area contributed by atoms with Gasteiger partial charge in [-0.15, -0.1) is 11.3 Å². The number of aliphatic carboxylic acids is 1. The maximum atomic E-state index is 11.9. The predicted octanol–water partition coefficient (Wildman–Crippen LogP) is 6.28. The van der Waals surface area contributed by atoms with Crippen LogP contribution in [-0.4, -0.2) is 34.1 Å². The lowest BCUT2D eigenvalue weighted by molar-refractivity contribution is -0.153. The van der Waals surface area contributed by atoms with Gasteiger partial charge in [0.2, 0.25) is 5.60 Å². The van der Waals surface area contributed by atoms with Crippen molar-refractivity contribution in [2.75, 3.05) is 6.61 Å². The van der Waals surface area contributed by atoms with E-state index in [1.807, 2.05) is 42.6 Å². The van der Waals surface area contributed by atoms with Gasteiger partial charge >= 0.3 is 5.97 Å². The zero-order valence-electron chi connectivity index (χ0n) is 19.5. The third-order valence-electron chi connectivity index (χ3n) is 5.21. The predicted molar refractivity (Wildman–Crippen MR) is 135 cm³/mol. The number of carboxylic acid groups (broad SMARTS) is 1. The number of benzene rings is 2. The molecule has 178 valence electrons. The molecule has 1 atom stereocenters. The average Bonchev–Trinajstić information content (AvgIpc) is 3.35. The third kappa shape index (κ3) is 6.96. The summed E-state index contributed by atoms with van der Waals surface area (Å²) in [4.78, 5) is 17.5. The SMILES string of the molecule is CC(=N/C(CCOc1ccc(C[C@](C)(Oc2ccccc2)C(=O)O)cc1)=C(/C)O)c1cccs1. The van der Waals surface area contributed by atoms with E-state index in [1.54, 1.807) is 61.6 Å². The number of para-hydroxylation sites is 1. The van der Waals surface area contributed by atoms with Gasteiger partial charge in [-0.2, -0.15) is 0 Å². The molecule has 0 fully saturated rings. The number of thiophene rings is 1. The number of rotatable bonds is 11. The second-order valence-electron chi connectivity index (χ2n) is 8.08. The molecule has 2 aromatic carbocycles. The van der Waals surface area contributed by atoms with Gasteiger partial charge in [-0.3, -0.25) is 4.99 Å². The second kappa shape index (κ2) is 11.5. The Kier molecular flexibility index (Phi) is 8.49. The summed E-state index contributed by atoms with van der Waals surface area (Å²) in [5.74, 6) is 0.293. The van der Waals surface area contributed by atoms with Gasteiger partial charge in [-0.05, 0) is 62.0 Å². The van der Waals surface area contributed by atoms with E-state index in [0.29, 0.717) is 30.2 Å². The van der Waals surface area contributed by atoms with Gasteiger partial charge in [-0.1, -0.05) is 36.4 Å². The molecule has 0 unspecified atom stereocenters. The molecule has 1 aromatic heterocycles. The molecular formula is C27H29NO5S. The molecule has 0 aliphatic carbocycles. The van der Waals surface area contributed by atoms with Crippen molar-refractivity contribution in [1.29, 1.82) is 0 Å². The largest absolute Gasteiger partial charge is 0.511 e. The molecule has 1 heterocycles. The fourth-order valence-electron chi connectivity index (χ4n) is 3.32. The normalized spacial score (nSPS) is 14.1. The first-order valence-corrected chi connectivity index (χ1v) is 11.8. The van der Waals surface area contributed by atoms with E-state index < -0.39 is 11.6 Å². The Morgan fingerprint density at radius 2 is 1.68 bits per heavy atom. The number of hydrogen-bond donors (Lipinski definition) is 2. The summed E-state index contributed by atoms with van der Waals surface area (Å²) < 4.78 is 11.6. The van der Waals surface area contributed by atoms with Gasteiger partial charge in [0.25, 0.3) is 0 Å². The second-order valence-corrected chi connectivity index (χ2v) is 9.02. The Balaban J connectivity index is 1.59. The lowest BCUT2D eigenvalue weighted by atomic mass is 9.96. The Labute approximate surface area is 203 Å². The quantitative estimate of drug-likeness (QED) is 0.250. The number of carbonyl (C=O) groups is 1. The summed E-state index contributed by atoms with van der Waals surface area (Å²) >= 11 is 1.60. The molecule has 3 rings (SSSR count). The zero-order valence-corrected chi connectivity index (χ0v) is 20.3. The minimum absolute atomic E-state index is 0.168. The minimum Gasteiger partial charge on any atom is -0.511 e. The van der Waals surface area contributed by atoms with Crippen LogP contribution < -0.4 is 9.47 Å². The van der Waals surface area contributed by atoms with E-state index in [4.69, 9.17) is 9.47 Å². The van der Waals surface area contributed by atoms with Crippen LogP contribution in [0.15, 0.2) is 88.6 Å². The van der Waals surface area contributed by atoms with Crippen molar-refractivity contribution in [3.8, 4) is 11.5 Å². The molecule has 0 radical (unpaired) electrons. The number of hydrogen-bond acceptors (Lipinski definition) is 6. The van der Waals surface area contributed by atoms with Gasteiger partial charge in [0.05, 0.1) is 18.0 Å². The van der Waals surface area contributed by atoms with Gasteiger partial charge in [-0.25, -0.2) is 4.79 Å². The molecule has 0 amide bonds. The summed E-state index contributed by atoms with van der Waals surface area (Å²) in [6.07, 6.45) is 0.652. The minimum atomic E-state index is -1.40. The molecule has 34 heavy (non-hydrogen) atoms. The van der Waals surface area contributed by atoms with Crippen LogP contribution in [0.2, 0.25) is 0 Å². The topological polar surface area (TPSA) is 88.4 Å². The van der Waals surface area contributed by atoms with Crippen molar-refractivity contribution >= 4 is 23.0 Å². The highest BCUT2D eigenvalue weighted by Crippen LogP contribution is 2.24. The number of aliphatic imine (C=N–C) groups is 1. The van der Waals surface area contributed by atoms with Crippen molar-refractivity contribution in [1.82, 2.24) is 0 Å². The first-order valence-electron chi connectivity index (χ1n) is 10.9. The molecule has 0 bridgehead atoms. The van der Waals surface area contributed by atoms with Gasteiger partial charge in [0, 0.05) is 17.7 Å². The standard InChI is InChI=1S/C27H29NO5S/c1-19(25-10-7-17-34-25)28-24(20(2)29)15-16-32-22-13-11-21(12-14-22)18-27(3,26(30)31)33-23-8-5-4-6-9-23/h4-14,17,29H,15-16,18H2,1-3H3,(H,30,31)/b24-20-,28-19?/t27-/m0/s1. The Bertz CT molecular complexity index is 1130. The van der Waals surface area contributed by atoms with Crippen molar-refractivity contribution in [2.24, 2.45) is 4.99 Å². The lowest BCUT2D eigenvalue weighted by Crippen LogP contribution is -2.43. The molecule has 2 N–H and O–H groups in total. The molecule has 0 spiro atoms. The maximum Gasteiger partial charge on any atom is 0.348 e. The van der Waals surface area contributed by atoms with E-state index in [0.717, 1.165) is 16.2 Å². The summed E-state index contributed by atoms with van der Waals surface area (Å²) in [6, 6.07) is 20.2. The molecule has 0 saturated heterocycles. The van der Waals surface area contributed by atoms with Crippen LogP contribution in [0.3, 0.4) is 0 Å². The van der Waals surface area contributed by atoms with Crippen LogP contribution >= 0.6 is 11.3 Å². The summed E-state index contributed by atoms with van der Waals surface area (Å²) in [5, 5.41) is 21.8. The third-order valence-corrected chi connectivity index (χ3v) is 6.19. The number of aliphatic hydroxyl groups is 1. The van der Waals surface area contributed by atoms with Crippen LogP contribution in [0.1, 0.15) is 37.6 Å². The van der Waals surface area contributed by atoms with Crippen LogP contribution in [0.25, 0.3) is 0 Å². The number of nitrogens with zero attached hydrogens (tertiary/aromatic N) is 1. The average molecular weight is 480 g/mol. The van der Waals surface area contributed by atoms with Crippen LogP contribution in [-0.2, 0) is 11.2 Å². The summed E-state index contributed by atoms with van der Waals surface area (Å²) in [5.41, 5.74) is 0.844. The lowest BCUT2D eigenvalue weighted by Gasteiger charge is -2.26. The van der Waals surface area contributed by atoms with Crippen LogP contribution in [0, 0.1) is 0 Å². The Morgan fingerprint density at radius 3 is 2.26 bits per heavy atom. The first-order chi connectivity index (χ1) is 16.3. The molecule has 3 aromatic rings. The molecule has 0 aliphatic rings. The van der Waals surface area contributed by atoms with Crippen molar-refractivity contribution in [3.05, 3.63) is 94.0 Å². The monoisotopic (exact) mass is 479 g/mol. The highest BCUT2D eigenvalue weighted by molar-refractivity contribution is 7.12. The van der Waals surface area contributed by atoms with Crippen LogP contribution in [0.4, 0.5) is 0 Å². The molecule has 7 heteroatoms. The van der Waals surface area contributed by atoms with Crippen molar-refractivity contribution in [2.45, 2.75) is 39.2 Å². The van der Waals surface area contributed by atoms with E-state index in [9.17, 15) is 15.0 Å². The number of allylic oxidation sites excluding steroid dienone is 1. The fraction of sp³-hybridized carbons (Fsp3) is 0.259. The number of ether oxygens (including phenoxy) is 2. The van der Waals surface area contributed by atoms with Gasteiger partial charge < -0.3 is 19.7 Å². The van der Waals surface area contributed by atoms with E-state index in [1.165, 1.54) is 0 Å². The summed E-state index contributed by atoms with van der Waals surface area (Å²) in [6.45, 7) is 5.45. The highest BCUT2D eigenvalue weighted by atomic mass is 32.1. The van der Waals surface area contributed by atoms with Gasteiger partial charge in [0.1, 0.15) is 17.3 Å². The number of aliphatic hydroxyl groups excluding tert-OH is 1. The molecule has 0 saturated carbocycles. The van der Waals surface area contributed by atoms with Crippen LogP contribution in [0.5, 0.6) is 11.5 Å². The van der Waals surface area contributed by atoms with E-state index in [2.05, 4.69) is 4.99 Å². The highest BCUT2D eigenvalue weighted by Gasteiger charge is 2.36. The molecule has 6 nitrogen and oxygen atoms in total. The zero-order chi connectivity index (χ0) is 24.6. The first kappa shape index (κ1) is 25.1. The fourth-order valence-corrected chi connectivity index (χ4v) is 4.00. The van der Waals surface area contributed by atoms with E-state index >= 15 is 0 Å². The Morgan fingerprint density at radius 1 is 0.971 bits per heavy atom. The summed E-state index contributed by atoms with van der Waals surface area (Å²) in [7, 11) is 0. The van der Waals surface area contributed by atoms with Crippen molar-refractivity contribution in [3.63, 3.8) is 0 Å². The number of carboxylic acids is 1. The maximum absolute atomic E-state index is 11.9. The van der Waals surface area contributed by atoms with Gasteiger partial charge in [0.15, 0.2) is 0 Å². The molecular weight excluding hydrogens is 450 g/mol. The molecule has 0 aliphatic heterocycles. The van der Waals surface area contributed by atoms with E-state index in [-0.39, 0.29) is 12.2 Å². The smallest absolute Gasteiger partial charge is 0.348 e.